The first-order valence-electron chi connectivity index (χ1n) is 3.69. The summed E-state index contributed by atoms with van der Waals surface area (Å²) in [6.07, 6.45) is 2.19. The van der Waals surface area contributed by atoms with Crippen molar-refractivity contribution in [3.05, 3.63) is 15.3 Å². The molecule has 0 aliphatic carbocycles. The Balaban J connectivity index is 2.70. The fourth-order valence-electron chi connectivity index (χ4n) is 1.41. The Morgan fingerprint density at radius 2 is 1.91 bits per heavy atom. The zero-order valence-electron chi connectivity index (χ0n) is 6.04. The summed E-state index contributed by atoms with van der Waals surface area (Å²) in [5, 5.41) is 0. The third-order valence-corrected chi connectivity index (χ3v) is 2.28. The number of fused-ring (bicyclic) bond motifs is 1. The van der Waals surface area contributed by atoms with Crippen molar-refractivity contribution >= 4 is 12.2 Å². The van der Waals surface area contributed by atoms with Crippen LogP contribution in [0.5, 0.6) is 0 Å². The van der Waals surface area contributed by atoms with Gasteiger partial charge in [0, 0.05) is 13.1 Å². The number of hydrogen-bond acceptors (Lipinski definition) is 2. The Morgan fingerprint density at radius 3 is 2.55 bits per heavy atom. The normalized spacial score (nSPS) is 16.4. The predicted octanol–water partition coefficient (Wildman–Crippen LogP) is 0.501. The van der Waals surface area contributed by atoms with E-state index in [1.807, 2.05) is 4.68 Å². The van der Waals surface area contributed by atoms with Crippen molar-refractivity contribution in [2.45, 2.75) is 25.9 Å². The molecule has 2 heterocycles. The third kappa shape index (κ3) is 0.956. The van der Waals surface area contributed by atoms with Gasteiger partial charge < -0.3 is 0 Å². The van der Waals surface area contributed by atoms with E-state index in [0.29, 0.717) is 4.77 Å². The van der Waals surface area contributed by atoms with E-state index in [2.05, 4.69) is 4.98 Å². The summed E-state index contributed by atoms with van der Waals surface area (Å²) >= 11 is 4.95. The first-order chi connectivity index (χ1) is 5.29. The molecule has 2 rings (SSSR count). The van der Waals surface area contributed by atoms with Crippen LogP contribution >= 0.6 is 12.2 Å². The van der Waals surface area contributed by atoms with Gasteiger partial charge in [0.2, 0.25) is 0 Å². The van der Waals surface area contributed by atoms with E-state index >= 15 is 0 Å². The highest BCUT2D eigenvalue weighted by Crippen LogP contribution is 2.03. The van der Waals surface area contributed by atoms with Crippen LogP contribution in [0.2, 0.25) is 0 Å². The molecule has 0 bridgehead atoms. The smallest absolute Gasteiger partial charge is 0.282 e. The van der Waals surface area contributed by atoms with E-state index in [1.165, 1.54) is 0 Å². The average molecular weight is 171 g/mol. The number of nitrogens with one attached hydrogen (secondary N) is 1. The zero-order chi connectivity index (χ0) is 7.84. The lowest BCUT2D eigenvalue weighted by Crippen LogP contribution is -2.27. The van der Waals surface area contributed by atoms with Gasteiger partial charge in [-0.15, -0.1) is 0 Å². The summed E-state index contributed by atoms with van der Waals surface area (Å²) in [5.74, 6) is 0. The number of H-pyrrole nitrogens is 1. The lowest BCUT2D eigenvalue weighted by atomic mass is 10.3. The molecule has 11 heavy (non-hydrogen) atoms. The summed E-state index contributed by atoms with van der Waals surface area (Å²) < 4.78 is 4.06. The second kappa shape index (κ2) is 2.34. The van der Waals surface area contributed by atoms with Gasteiger partial charge in [-0.2, -0.15) is 0 Å². The number of aromatic nitrogens is 3. The van der Waals surface area contributed by atoms with Gasteiger partial charge in [0.05, 0.1) is 0 Å². The van der Waals surface area contributed by atoms with Crippen molar-refractivity contribution in [1.82, 2.24) is 14.3 Å². The molecule has 0 unspecified atom stereocenters. The summed E-state index contributed by atoms with van der Waals surface area (Å²) in [6, 6.07) is 0. The van der Waals surface area contributed by atoms with Crippen molar-refractivity contribution in [1.29, 1.82) is 0 Å². The second-order valence-electron chi connectivity index (χ2n) is 2.69. The summed E-state index contributed by atoms with van der Waals surface area (Å²) in [5.41, 5.74) is -0.0744. The van der Waals surface area contributed by atoms with Crippen LogP contribution in [0.25, 0.3) is 0 Å². The molecule has 0 amide bonds. The minimum atomic E-state index is -0.0744. The molecule has 5 heteroatoms. The molecule has 1 aromatic heterocycles. The van der Waals surface area contributed by atoms with E-state index in [1.54, 1.807) is 4.68 Å². The fourth-order valence-corrected chi connectivity index (χ4v) is 1.68. The molecule has 1 aliphatic rings. The molecule has 0 aromatic carbocycles. The van der Waals surface area contributed by atoms with E-state index in [-0.39, 0.29) is 5.69 Å². The van der Waals surface area contributed by atoms with Crippen molar-refractivity contribution in [3.8, 4) is 0 Å². The average Bonchev–Trinajstić information content (AvgIpc) is 2.30. The first kappa shape index (κ1) is 6.84. The monoisotopic (exact) mass is 171 g/mol. The molecular formula is C6H9N3OS. The highest BCUT2D eigenvalue weighted by atomic mass is 32.1. The highest BCUT2D eigenvalue weighted by molar-refractivity contribution is 7.71. The van der Waals surface area contributed by atoms with Crippen LogP contribution in [-0.2, 0) is 13.1 Å². The molecule has 0 fully saturated rings. The molecule has 1 aliphatic heterocycles. The van der Waals surface area contributed by atoms with E-state index in [0.717, 1.165) is 25.9 Å². The largest absolute Gasteiger partial charge is 0.342 e. The predicted molar refractivity (Wildman–Crippen MR) is 43.1 cm³/mol. The summed E-state index contributed by atoms with van der Waals surface area (Å²) in [4.78, 5) is 13.7. The molecule has 1 N–H and O–H groups in total. The van der Waals surface area contributed by atoms with E-state index in [4.69, 9.17) is 12.2 Å². The number of aromatic amines is 1. The van der Waals surface area contributed by atoms with Gasteiger partial charge >= 0.3 is 5.69 Å². The SMILES string of the molecule is O=c1[nH]c(=S)n2n1CCCC2. The number of rotatable bonds is 0. The van der Waals surface area contributed by atoms with Crippen LogP contribution in [0.15, 0.2) is 4.79 Å². The highest BCUT2D eigenvalue weighted by Gasteiger charge is 2.09. The third-order valence-electron chi connectivity index (χ3n) is 1.96. The molecule has 0 spiro atoms. The van der Waals surface area contributed by atoms with Gasteiger partial charge in [-0.3, -0.25) is 9.67 Å². The van der Waals surface area contributed by atoms with Crippen LogP contribution in [0, 0.1) is 4.77 Å². The Kier molecular flexibility index (Phi) is 1.45. The Morgan fingerprint density at radius 1 is 1.27 bits per heavy atom. The van der Waals surface area contributed by atoms with Crippen molar-refractivity contribution in [2.24, 2.45) is 0 Å². The van der Waals surface area contributed by atoms with Crippen LogP contribution in [0.3, 0.4) is 0 Å². The Bertz CT molecular complexity index is 337. The van der Waals surface area contributed by atoms with E-state index < -0.39 is 0 Å². The quantitative estimate of drug-likeness (QED) is 0.578. The molecule has 60 valence electrons. The lowest BCUT2D eigenvalue weighted by Gasteiger charge is -2.14. The molecule has 1 aromatic rings. The van der Waals surface area contributed by atoms with Crippen LogP contribution in [-0.4, -0.2) is 14.3 Å². The molecule has 0 saturated heterocycles. The Labute approximate surface area is 68.4 Å². The minimum absolute atomic E-state index is 0.0744. The van der Waals surface area contributed by atoms with E-state index in [9.17, 15) is 4.79 Å². The molecule has 0 radical (unpaired) electrons. The summed E-state index contributed by atoms with van der Waals surface area (Å²) in [6.45, 7) is 1.67. The lowest BCUT2D eigenvalue weighted by molar-refractivity contribution is 0.352. The van der Waals surface area contributed by atoms with Crippen LogP contribution < -0.4 is 5.69 Å². The van der Waals surface area contributed by atoms with Crippen LogP contribution in [0.1, 0.15) is 12.8 Å². The van der Waals surface area contributed by atoms with Crippen molar-refractivity contribution < 1.29 is 0 Å². The number of nitrogens with zero attached hydrogens (tertiary/aromatic N) is 2. The first-order valence-corrected chi connectivity index (χ1v) is 4.10. The topological polar surface area (TPSA) is 42.7 Å². The van der Waals surface area contributed by atoms with Gasteiger partial charge in [0.25, 0.3) is 0 Å². The molecule has 0 saturated carbocycles. The zero-order valence-corrected chi connectivity index (χ0v) is 6.86. The van der Waals surface area contributed by atoms with Crippen LogP contribution in [0.4, 0.5) is 0 Å². The molecule has 0 atom stereocenters. The number of hydrogen-bond donors (Lipinski definition) is 1. The summed E-state index contributed by atoms with van der Waals surface area (Å²) in [7, 11) is 0. The fraction of sp³-hybridized carbons (Fsp3) is 0.667. The van der Waals surface area contributed by atoms with Gasteiger partial charge in [0.1, 0.15) is 0 Å². The Hall–Kier alpha value is -0.840. The maximum atomic E-state index is 11.1. The van der Waals surface area contributed by atoms with Crippen molar-refractivity contribution in [3.63, 3.8) is 0 Å². The standard InChI is InChI=1S/C6H9N3OS/c10-5-7-6(11)9-4-2-1-3-8(5)9/h1-4H2,(H,7,10,11). The van der Waals surface area contributed by atoms with Gasteiger partial charge in [-0.05, 0) is 25.1 Å². The van der Waals surface area contributed by atoms with Gasteiger partial charge in [0.15, 0.2) is 4.77 Å². The maximum absolute atomic E-state index is 11.1. The maximum Gasteiger partial charge on any atom is 0.342 e. The van der Waals surface area contributed by atoms with Gasteiger partial charge in [-0.25, -0.2) is 9.48 Å². The second-order valence-corrected chi connectivity index (χ2v) is 3.08. The van der Waals surface area contributed by atoms with Gasteiger partial charge in [-0.1, -0.05) is 0 Å². The molecular weight excluding hydrogens is 162 g/mol. The molecule has 4 nitrogen and oxygen atoms in total. The minimum Gasteiger partial charge on any atom is -0.282 e. The van der Waals surface area contributed by atoms with Crippen molar-refractivity contribution in [2.75, 3.05) is 0 Å².